The Morgan fingerprint density at radius 2 is 2.00 bits per heavy atom. The normalized spacial score (nSPS) is 13.5. The second-order valence-corrected chi connectivity index (χ2v) is 5.95. The summed E-state index contributed by atoms with van der Waals surface area (Å²) in [6, 6.07) is 0. The first-order valence-corrected chi connectivity index (χ1v) is 5.23. The van der Waals surface area contributed by atoms with E-state index >= 15 is 0 Å². The molecule has 0 rings (SSSR count). The fourth-order valence-electron chi connectivity index (χ4n) is 0.427. The highest BCUT2D eigenvalue weighted by Crippen LogP contribution is 2.28. The predicted octanol–water partition coefficient (Wildman–Crippen LogP) is 1.90. The average Bonchev–Trinajstić information content (AvgIpc) is 2.03. The number of hydrogen-bond acceptors (Lipinski definition) is 3. The highest BCUT2D eigenvalue weighted by Gasteiger charge is 2.43. The fraction of sp³-hybridized carbons (Fsp3) is 0.714. The summed E-state index contributed by atoms with van der Waals surface area (Å²) in [4.78, 5) is 21.7. The number of carboxylic acids is 1. The lowest BCUT2D eigenvalue weighted by molar-refractivity contribution is -0.154. The molecule has 0 heterocycles. The van der Waals surface area contributed by atoms with Crippen LogP contribution in [-0.4, -0.2) is 26.4 Å². The molecule has 6 heteroatoms. The summed E-state index contributed by atoms with van der Waals surface area (Å²) in [7, 11) is 0. The van der Waals surface area contributed by atoms with Gasteiger partial charge < -0.3 is 9.84 Å². The monoisotopic (exact) mass is 316 g/mol. The number of hydrogen-bond donors (Lipinski definition) is 1. The molecule has 4 nitrogen and oxygen atoms in total. The summed E-state index contributed by atoms with van der Waals surface area (Å²) < 4.78 is 2.98. The Labute approximate surface area is 92.9 Å². The van der Waals surface area contributed by atoms with Crippen LogP contribution in [0.3, 0.4) is 0 Å². The number of esters is 1. The molecule has 1 N–H and O–H groups in total. The molecule has 0 aliphatic heterocycles. The van der Waals surface area contributed by atoms with Crippen molar-refractivity contribution in [3.8, 4) is 0 Å². The first-order chi connectivity index (χ1) is 5.82. The highest BCUT2D eigenvalue weighted by atomic mass is 79.9. The number of rotatable bonds is 4. The van der Waals surface area contributed by atoms with Gasteiger partial charge in [-0.05, 0) is 45.2 Å². The van der Waals surface area contributed by atoms with Crippen LogP contribution in [0.2, 0.25) is 0 Å². The number of carbonyl (C=O) groups is 2. The van der Waals surface area contributed by atoms with Gasteiger partial charge in [-0.3, -0.25) is 0 Å². The summed E-state index contributed by atoms with van der Waals surface area (Å²) in [6.07, 6.45) is 0.350. The van der Waals surface area contributed by atoms with Crippen molar-refractivity contribution in [1.82, 2.24) is 0 Å². The average molecular weight is 318 g/mol. The maximum atomic E-state index is 11.2. The molecular formula is C7H10Br2O4. The minimum Gasteiger partial charge on any atom is -0.479 e. The molecule has 0 aliphatic rings. The van der Waals surface area contributed by atoms with E-state index < -0.39 is 15.2 Å². The van der Waals surface area contributed by atoms with Crippen molar-refractivity contribution >= 4 is 43.8 Å². The zero-order valence-corrected chi connectivity index (χ0v) is 10.4. The van der Waals surface area contributed by atoms with E-state index in [2.05, 4.69) is 31.9 Å². The third kappa shape index (κ3) is 3.64. The van der Waals surface area contributed by atoms with Crippen LogP contribution in [0.4, 0.5) is 0 Å². The molecule has 1 unspecified atom stereocenters. The second kappa shape index (κ2) is 4.95. The highest BCUT2D eigenvalue weighted by molar-refractivity contribution is 9.26. The van der Waals surface area contributed by atoms with Gasteiger partial charge in [0.25, 0.3) is 3.23 Å². The van der Waals surface area contributed by atoms with E-state index in [9.17, 15) is 9.59 Å². The lowest BCUT2D eigenvalue weighted by Crippen LogP contribution is -2.37. The third-order valence-electron chi connectivity index (χ3n) is 1.41. The SMILES string of the molecule is CCC(C)OC(=O)C(Br)(Br)C(=O)O. The molecule has 0 radical (unpaired) electrons. The smallest absolute Gasteiger partial charge is 0.345 e. The molecule has 0 spiro atoms. The number of aliphatic carboxylic acids is 1. The minimum atomic E-state index is -1.83. The molecular weight excluding hydrogens is 308 g/mol. The van der Waals surface area contributed by atoms with Gasteiger partial charge in [-0.15, -0.1) is 0 Å². The van der Waals surface area contributed by atoms with Crippen LogP contribution in [0.5, 0.6) is 0 Å². The first-order valence-electron chi connectivity index (χ1n) is 3.64. The third-order valence-corrected chi connectivity index (χ3v) is 2.73. The van der Waals surface area contributed by atoms with Gasteiger partial charge in [-0.25, -0.2) is 9.59 Å². The van der Waals surface area contributed by atoms with E-state index in [0.29, 0.717) is 6.42 Å². The van der Waals surface area contributed by atoms with Gasteiger partial charge in [0.05, 0.1) is 6.10 Å². The zero-order chi connectivity index (χ0) is 10.6. The molecule has 0 fully saturated rings. The quantitative estimate of drug-likeness (QED) is 0.488. The Bertz CT molecular complexity index is 215. The Hall–Kier alpha value is -0.100. The van der Waals surface area contributed by atoms with Crippen LogP contribution in [0.15, 0.2) is 0 Å². The predicted molar refractivity (Wildman–Crippen MR) is 54.1 cm³/mol. The van der Waals surface area contributed by atoms with E-state index in [1.807, 2.05) is 6.92 Å². The summed E-state index contributed by atoms with van der Waals surface area (Å²) in [5, 5.41) is 8.60. The molecule has 0 aromatic rings. The summed E-state index contributed by atoms with van der Waals surface area (Å²) in [5.41, 5.74) is 0. The lowest BCUT2D eigenvalue weighted by Gasteiger charge is -2.17. The summed E-state index contributed by atoms with van der Waals surface area (Å²) in [6.45, 7) is 3.53. The lowest BCUT2D eigenvalue weighted by atomic mass is 10.3. The molecule has 13 heavy (non-hydrogen) atoms. The topological polar surface area (TPSA) is 63.6 Å². The van der Waals surface area contributed by atoms with Crippen molar-refractivity contribution in [1.29, 1.82) is 0 Å². The first kappa shape index (κ1) is 12.9. The Morgan fingerprint density at radius 3 is 2.31 bits per heavy atom. The number of carbonyl (C=O) groups excluding carboxylic acids is 1. The number of carboxylic acid groups (broad SMARTS) is 1. The zero-order valence-electron chi connectivity index (χ0n) is 7.21. The van der Waals surface area contributed by atoms with E-state index in [1.165, 1.54) is 0 Å². The van der Waals surface area contributed by atoms with Crippen molar-refractivity contribution in [3.05, 3.63) is 0 Å². The van der Waals surface area contributed by atoms with E-state index in [4.69, 9.17) is 9.84 Å². The minimum absolute atomic E-state index is 0.290. The molecule has 1 atom stereocenters. The van der Waals surface area contributed by atoms with Crippen molar-refractivity contribution in [2.24, 2.45) is 0 Å². The number of ether oxygens (including phenoxy) is 1. The van der Waals surface area contributed by atoms with Gasteiger partial charge in [0.1, 0.15) is 0 Å². The van der Waals surface area contributed by atoms with Crippen molar-refractivity contribution < 1.29 is 19.4 Å². The maximum Gasteiger partial charge on any atom is 0.345 e. The van der Waals surface area contributed by atoms with Crippen molar-refractivity contribution in [2.45, 2.75) is 29.6 Å². The van der Waals surface area contributed by atoms with Crippen molar-refractivity contribution in [2.75, 3.05) is 0 Å². The van der Waals surface area contributed by atoms with Crippen LogP contribution in [0.25, 0.3) is 0 Å². The van der Waals surface area contributed by atoms with Gasteiger partial charge >= 0.3 is 11.9 Å². The van der Waals surface area contributed by atoms with Crippen LogP contribution in [0.1, 0.15) is 20.3 Å². The van der Waals surface area contributed by atoms with Gasteiger partial charge in [0, 0.05) is 0 Å². The maximum absolute atomic E-state index is 11.2. The molecule has 76 valence electrons. The fourth-order valence-corrected chi connectivity index (χ4v) is 0.614. The summed E-state index contributed by atoms with van der Waals surface area (Å²) >= 11 is 5.42. The standard InChI is InChI=1S/C7H10Br2O4/c1-3-4(2)13-6(12)7(8,9)5(10)11/h4H,3H2,1-2H3,(H,10,11). The van der Waals surface area contributed by atoms with Crippen LogP contribution < -0.4 is 0 Å². The van der Waals surface area contributed by atoms with Gasteiger partial charge in [-0.2, -0.15) is 0 Å². The van der Waals surface area contributed by atoms with Crippen LogP contribution >= 0.6 is 31.9 Å². The number of halogens is 2. The largest absolute Gasteiger partial charge is 0.479 e. The van der Waals surface area contributed by atoms with E-state index in [-0.39, 0.29) is 6.10 Å². The van der Waals surface area contributed by atoms with Gasteiger partial charge in [-0.1, -0.05) is 6.92 Å². The Kier molecular flexibility index (Phi) is 4.91. The van der Waals surface area contributed by atoms with Gasteiger partial charge in [0.2, 0.25) is 0 Å². The molecule has 0 bridgehead atoms. The van der Waals surface area contributed by atoms with E-state index in [1.54, 1.807) is 6.92 Å². The molecule has 0 aromatic heterocycles. The number of alkyl halides is 2. The molecule has 0 aromatic carbocycles. The molecule has 0 saturated heterocycles. The molecule has 0 aliphatic carbocycles. The van der Waals surface area contributed by atoms with E-state index in [0.717, 1.165) is 0 Å². The summed E-state index contributed by atoms with van der Waals surface area (Å²) in [5.74, 6) is -2.19. The molecule has 0 amide bonds. The van der Waals surface area contributed by atoms with Crippen molar-refractivity contribution in [3.63, 3.8) is 0 Å². The molecule has 0 saturated carbocycles. The van der Waals surface area contributed by atoms with Crippen LogP contribution in [-0.2, 0) is 14.3 Å². The second-order valence-electron chi connectivity index (χ2n) is 2.50. The Balaban J connectivity index is 4.34. The van der Waals surface area contributed by atoms with Crippen LogP contribution in [0, 0.1) is 0 Å². The van der Waals surface area contributed by atoms with Gasteiger partial charge in [0.15, 0.2) is 0 Å². The Morgan fingerprint density at radius 1 is 1.54 bits per heavy atom.